The average molecular weight is 386 g/mol. The van der Waals surface area contributed by atoms with Crippen molar-refractivity contribution in [2.45, 2.75) is 51.1 Å². The van der Waals surface area contributed by atoms with Gasteiger partial charge in [0.15, 0.2) is 0 Å². The summed E-state index contributed by atoms with van der Waals surface area (Å²) >= 11 is 1.65. The van der Waals surface area contributed by atoms with Crippen LogP contribution in [-0.4, -0.2) is 24.5 Å². The number of rotatable bonds is 8. The maximum atomic E-state index is 12.1. The Bertz CT molecular complexity index is 754. The number of benzene rings is 1. The van der Waals surface area contributed by atoms with Crippen molar-refractivity contribution in [3.63, 3.8) is 0 Å². The molecule has 3 amide bonds. The van der Waals surface area contributed by atoms with E-state index in [1.165, 1.54) is 5.56 Å². The summed E-state index contributed by atoms with van der Waals surface area (Å²) in [6.45, 7) is 4.49. The van der Waals surface area contributed by atoms with Crippen LogP contribution in [0, 0.1) is 0 Å². The minimum atomic E-state index is -0.408. The zero-order chi connectivity index (χ0) is 19.2. The van der Waals surface area contributed by atoms with E-state index in [2.05, 4.69) is 60.1 Å². The first kappa shape index (κ1) is 19.6. The lowest BCUT2D eigenvalue weighted by Gasteiger charge is -2.19. The standard InChI is InChI=1S/C21H27N3O2S/c1-3-14(2)15-6-8-16(9-7-15)20(18-5-4-12-27-18)22-13-19(25)24-21(26)23-17-10-11-17/h4-9,12,14,17,20,22H,3,10-11,13H2,1-2H3,(H2,23,24,25,26)/t14-,20-/m0/s1. The molecule has 0 aliphatic heterocycles. The van der Waals surface area contributed by atoms with Crippen LogP contribution in [0.3, 0.4) is 0 Å². The van der Waals surface area contributed by atoms with Gasteiger partial charge in [-0.25, -0.2) is 4.79 Å². The van der Waals surface area contributed by atoms with E-state index in [-0.39, 0.29) is 24.5 Å². The SMILES string of the molecule is CC[C@H](C)c1ccc([C@H](NCC(=O)NC(=O)NC2CC2)c2cccs2)cc1. The Morgan fingerprint density at radius 1 is 1.15 bits per heavy atom. The highest BCUT2D eigenvalue weighted by atomic mass is 32.1. The van der Waals surface area contributed by atoms with E-state index in [1.54, 1.807) is 11.3 Å². The molecule has 0 spiro atoms. The van der Waals surface area contributed by atoms with E-state index in [0.717, 1.165) is 29.7 Å². The Labute approximate surface area is 164 Å². The Hall–Kier alpha value is -2.18. The van der Waals surface area contributed by atoms with E-state index in [4.69, 9.17) is 0 Å². The number of imide groups is 1. The lowest BCUT2D eigenvalue weighted by molar-refractivity contribution is -0.119. The number of carbonyl (C=O) groups excluding carboxylic acids is 2. The van der Waals surface area contributed by atoms with Crippen molar-refractivity contribution in [2.24, 2.45) is 0 Å². The number of urea groups is 1. The van der Waals surface area contributed by atoms with Crippen LogP contribution in [0.15, 0.2) is 41.8 Å². The lowest BCUT2D eigenvalue weighted by Crippen LogP contribution is -2.44. The van der Waals surface area contributed by atoms with Crippen LogP contribution in [-0.2, 0) is 4.79 Å². The third-order valence-corrected chi connectivity index (χ3v) is 5.85. The summed E-state index contributed by atoms with van der Waals surface area (Å²) < 4.78 is 0. The van der Waals surface area contributed by atoms with Gasteiger partial charge in [-0.05, 0) is 47.8 Å². The summed E-state index contributed by atoms with van der Waals surface area (Å²) in [5.41, 5.74) is 2.43. The second-order valence-electron chi connectivity index (χ2n) is 7.10. The quantitative estimate of drug-likeness (QED) is 0.645. The largest absolute Gasteiger partial charge is 0.335 e. The molecule has 2 atom stereocenters. The summed E-state index contributed by atoms with van der Waals surface area (Å²) in [6, 6.07) is 12.4. The van der Waals surface area contributed by atoms with E-state index in [0.29, 0.717) is 5.92 Å². The minimum absolute atomic E-state index is 0.0757. The zero-order valence-corrected chi connectivity index (χ0v) is 16.6. The maximum absolute atomic E-state index is 12.1. The Morgan fingerprint density at radius 3 is 2.44 bits per heavy atom. The van der Waals surface area contributed by atoms with Gasteiger partial charge in [-0.1, -0.05) is 44.2 Å². The summed E-state index contributed by atoms with van der Waals surface area (Å²) in [7, 11) is 0. The van der Waals surface area contributed by atoms with E-state index >= 15 is 0 Å². The van der Waals surface area contributed by atoms with Crippen LogP contribution >= 0.6 is 11.3 Å². The van der Waals surface area contributed by atoms with Crippen LogP contribution < -0.4 is 16.0 Å². The third-order valence-electron chi connectivity index (χ3n) is 4.91. The normalized spacial score (nSPS) is 15.8. The molecule has 1 aromatic carbocycles. The predicted molar refractivity (Wildman–Crippen MR) is 109 cm³/mol. The molecular formula is C21H27N3O2S. The van der Waals surface area contributed by atoms with Gasteiger partial charge in [0.2, 0.25) is 5.91 Å². The van der Waals surface area contributed by atoms with Gasteiger partial charge in [0.25, 0.3) is 0 Å². The van der Waals surface area contributed by atoms with E-state index in [1.807, 2.05) is 11.4 Å². The highest BCUT2D eigenvalue weighted by Crippen LogP contribution is 2.28. The maximum Gasteiger partial charge on any atom is 0.321 e. The number of thiophene rings is 1. The molecule has 0 bridgehead atoms. The summed E-state index contributed by atoms with van der Waals surface area (Å²) in [5, 5.41) is 10.5. The lowest BCUT2D eigenvalue weighted by atomic mass is 9.95. The number of carbonyl (C=O) groups is 2. The van der Waals surface area contributed by atoms with Crippen molar-refractivity contribution in [2.75, 3.05) is 6.54 Å². The number of hydrogen-bond donors (Lipinski definition) is 3. The van der Waals surface area contributed by atoms with E-state index < -0.39 is 6.03 Å². The zero-order valence-electron chi connectivity index (χ0n) is 15.8. The average Bonchev–Trinajstić information content (AvgIpc) is 3.31. The van der Waals surface area contributed by atoms with Gasteiger partial charge in [0, 0.05) is 10.9 Å². The van der Waals surface area contributed by atoms with Gasteiger partial charge in [-0.2, -0.15) is 0 Å². The highest BCUT2D eigenvalue weighted by molar-refractivity contribution is 7.10. The van der Waals surface area contributed by atoms with Crippen molar-refractivity contribution in [1.82, 2.24) is 16.0 Å². The summed E-state index contributed by atoms with van der Waals surface area (Å²) in [6.07, 6.45) is 3.09. The molecule has 6 heteroatoms. The second kappa shape index (κ2) is 9.15. The first-order valence-electron chi connectivity index (χ1n) is 9.53. The fraction of sp³-hybridized carbons (Fsp3) is 0.429. The number of amides is 3. The second-order valence-corrected chi connectivity index (χ2v) is 8.08. The predicted octanol–water partition coefficient (Wildman–Crippen LogP) is 3.93. The van der Waals surface area contributed by atoms with Crippen LogP contribution in [0.2, 0.25) is 0 Å². The smallest absolute Gasteiger partial charge is 0.321 e. The van der Waals surface area contributed by atoms with Crippen molar-refractivity contribution in [3.05, 3.63) is 57.8 Å². The van der Waals surface area contributed by atoms with Gasteiger partial charge in [0.1, 0.15) is 0 Å². The molecule has 1 saturated carbocycles. The molecule has 0 saturated heterocycles. The molecule has 1 heterocycles. The first-order valence-corrected chi connectivity index (χ1v) is 10.4. The molecule has 1 fully saturated rings. The molecular weight excluding hydrogens is 358 g/mol. The monoisotopic (exact) mass is 385 g/mol. The molecule has 1 aromatic heterocycles. The molecule has 5 nitrogen and oxygen atoms in total. The van der Waals surface area contributed by atoms with Crippen molar-refractivity contribution in [1.29, 1.82) is 0 Å². The van der Waals surface area contributed by atoms with Crippen LogP contribution in [0.5, 0.6) is 0 Å². The van der Waals surface area contributed by atoms with Crippen LogP contribution in [0.25, 0.3) is 0 Å². The van der Waals surface area contributed by atoms with Gasteiger partial charge >= 0.3 is 6.03 Å². The van der Waals surface area contributed by atoms with Gasteiger partial charge in [-0.15, -0.1) is 11.3 Å². The molecule has 1 aliphatic carbocycles. The number of nitrogens with one attached hydrogen (secondary N) is 3. The van der Waals surface area contributed by atoms with Gasteiger partial charge in [-0.3, -0.25) is 15.4 Å². The van der Waals surface area contributed by atoms with Crippen LogP contribution in [0.4, 0.5) is 4.79 Å². The van der Waals surface area contributed by atoms with Gasteiger partial charge < -0.3 is 5.32 Å². The minimum Gasteiger partial charge on any atom is -0.335 e. The fourth-order valence-electron chi connectivity index (χ4n) is 2.91. The van der Waals surface area contributed by atoms with Crippen LogP contribution in [0.1, 0.15) is 61.1 Å². The third kappa shape index (κ3) is 5.65. The van der Waals surface area contributed by atoms with Crippen molar-refractivity contribution >= 4 is 23.3 Å². The fourth-order valence-corrected chi connectivity index (χ4v) is 3.73. The molecule has 2 aromatic rings. The first-order chi connectivity index (χ1) is 13.1. The molecule has 27 heavy (non-hydrogen) atoms. The Morgan fingerprint density at radius 2 is 1.85 bits per heavy atom. The van der Waals surface area contributed by atoms with Gasteiger partial charge in [0.05, 0.1) is 12.6 Å². The Kier molecular flexibility index (Phi) is 6.63. The molecule has 0 unspecified atom stereocenters. The van der Waals surface area contributed by atoms with Crippen molar-refractivity contribution in [3.8, 4) is 0 Å². The highest BCUT2D eigenvalue weighted by Gasteiger charge is 2.24. The molecule has 3 N–H and O–H groups in total. The Balaban J connectivity index is 1.63. The van der Waals surface area contributed by atoms with Crippen molar-refractivity contribution < 1.29 is 9.59 Å². The number of hydrogen-bond acceptors (Lipinski definition) is 4. The van der Waals surface area contributed by atoms with E-state index in [9.17, 15) is 9.59 Å². The summed E-state index contributed by atoms with van der Waals surface area (Å²) in [4.78, 5) is 25.0. The summed E-state index contributed by atoms with van der Waals surface area (Å²) in [5.74, 6) is 0.203. The molecule has 1 aliphatic rings. The molecule has 3 rings (SSSR count). The molecule has 0 radical (unpaired) electrons. The topological polar surface area (TPSA) is 70.2 Å². The molecule has 144 valence electrons.